The molecular formula is C21H21ClN4O. The van der Waals surface area contributed by atoms with Gasteiger partial charge in [0.25, 0.3) is 5.91 Å². The summed E-state index contributed by atoms with van der Waals surface area (Å²) in [5.41, 5.74) is 2.36. The van der Waals surface area contributed by atoms with E-state index >= 15 is 0 Å². The highest BCUT2D eigenvalue weighted by atomic mass is 35.5. The Bertz CT molecular complexity index is 913. The summed E-state index contributed by atoms with van der Waals surface area (Å²) >= 11 is 5.91. The molecular weight excluding hydrogens is 360 g/mol. The van der Waals surface area contributed by atoms with Gasteiger partial charge in [0.1, 0.15) is 17.3 Å². The van der Waals surface area contributed by atoms with Crippen LogP contribution in [0.4, 0.5) is 11.5 Å². The van der Waals surface area contributed by atoms with E-state index in [1.54, 1.807) is 24.9 Å². The van der Waals surface area contributed by atoms with E-state index in [0.29, 0.717) is 23.9 Å². The number of hydrogen-bond acceptors (Lipinski definition) is 4. The lowest BCUT2D eigenvalue weighted by Crippen LogP contribution is -2.27. The molecule has 1 N–H and O–H groups in total. The van der Waals surface area contributed by atoms with E-state index in [-0.39, 0.29) is 5.91 Å². The van der Waals surface area contributed by atoms with Crippen LogP contribution in [-0.2, 0) is 6.42 Å². The molecule has 0 saturated carbocycles. The summed E-state index contributed by atoms with van der Waals surface area (Å²) in [6.07, 6.45) is 0.827. The minimum Gasteiger partial charge on any atom is -0.370 e. The van der Waals surface area contributed by atoms with Crippen LogP contribution in [0.15, 0.2) is 60.7 Å². The number of carbonyl (C=O) groups is 1. The van der Waals surface area contributed by atoms with Gasteiger partial charge < -0.3 is 10.2 Å². The number of nitrogens with one attached hydrogen (secondary N) is 1. The Morgan fingerprint density at radius 1 is 1.07 bits per heavy atom. The summed E-state index contributed by atoms with van der Waals surface area (Å²) in [7, 11) is 1.74. The van der Waals surface area contributed by atoms with Crippen molar-refractivity contribution in [3.63, 3.8) is 0 Å². The Morgan fingerprint density at radius 2 is 1.78 bits per heavy atom. The number of amides is 1. The zero-order chi connectivity index (χ0) is 19.2. The molecule has 0 bridgehead atoms. The van der Waals surface area contributed by atoms with E-state index in [1.165, 1.54) is 5.56 Å². The largest absolute Gasteiger partial charge is 0.370 e. The van der Waals surface area contributed by atoms with Gasteiger partial charge in [0.2, 0.25) is 0 Å². The SMILES string of the molecule is Cc1nc(NCCc2ccc(Cl)cc2)cc(C(=O)N(C)c2ccccc2)n1. The van der Waals surface area contributed by atoms with Crippen LogP contribution in [0.3, 0.4) is 0 Å². The second kappa shape index (κ2) is 8.64. The fraction of sp³-hybridized carbons (Fsp3) is 0.190. The Kier molecular flexibility index (Phi) is 6.04. The first-order valence-corrected chi connectivity index (χ1v) is 9.08. The van der Waals surface area contributed by atoms with Gasteiger partial charge in [-0.15, -0.1) is 0 Å². The lowest BCUT2D eigenvalue weighted by atomic mass is 10.1. The van der Waals surface area contributed by atoms with E-state index in [9.17, 15) is 4.79 Å². The molecule has 0 fully saturated rings. The van der Waals surface area contributed by atoms with Crippen LogP contribution in [0.2, 0.25) is 5.02 Å². The first kappa shape index (κ1) is 18.9. The molecule has 27 heavy (non-hydrogen) atoms. The van der Waals surface area contributed by atoms with Crippen molar-refractivity contribution < 1.29 is 4.79 Å². The highest BCUT2D eigenvalue weighted by molar-refractivity contribution is 6.30. The highest BCUT2D eigenvalue weighted by Crippen LogP contribution is 2.16. The fourth-order valence-electron chi connectivity index (χ4n) is 2.69. The number of halogens is 1. The maximum atomic E-state index is 12.8. The topological polar surface area (TPSA) is 58.1 Å². The number of aromatic nitrogens is 2. The smallest absolute Gasteiger partial charge is 0.276 e. The van der Waals surface area contributed by atoms with Crippen LogP contribution in [-0.4, -0.2) is 29.5 Å². The zero-order valence-electron chi connectivity index (χ0n) is 15.3. The molecule has 0 aliphatic carbocycles. The van der Waals surface area contributed by atoms with Crippen LogP contribution in [0.5, 0.6) is 0 Å². The van der Waals surface area contributed by atoms with Gasteiger partial charge in [0, 0.05) is 30.4 Å². The van der Waals surface area contributed by atoms with Crippen LogP contribution in [0, 0.1) is 6.92 Å². The van der Waals surface area contributed by atoms with Crippen molar-refractivity contribution in [3.8, 4) is 0 Å². The molecule has 0 atom stereocenters. The van der Waals surface area contributed by atoms with E-state index in [1.807, 2.05) is 54.6 Å². The third kappa shape index (κ3) is 5.05. The van der Waals surface area contributed by atoms with E-state index in [2.05, 4.69) is 15.3 Å². The van der Waals surface area contributed by atoms with Crippen molar-refractivity contribution in [2.75, 3.05) is 23.8 Å². The second-order valence-electron chi connectivity index (χ2n) is 6.19. The predicted molar refractivity (Wildman–Crippen MR) is 110 cm³/mol. The minimum atomic E-state index is -0.174. The molecule has 0 aliphatic heterocycles. The summed E-state index contributed by atoms with van der Waals surface area (Å²) in [6, 6.07) is 18.9. The van der Waals surface area contributed by atoms with Gasteiger partial charge in [-0.3, -0.25) is 4.79 Å². The molecule has 5 nitrogen and oxygen atoms in total. The lowest BCUT2D eigenvalue weighted by Gasteiger charge is -2.17. The van der Waals surface area contributed by atoms with Crippen LogP contribution < -0.4 is 10.2 Å². The number of nitrogens with zero attached hydrogens (tertiary/aromatic N) is 3. The Morgan fingerprint density at radius 3 is 2.48 bits per heavy atom. The van der Waals surface area contributed by atoms with Crippen LogP contribution >= 0.6 is 11.6 Å². The first-order chi connectivity index (χ1) is 13.0. The maximum absolute atomic E-state index is 12.8. The molecule has 0 saturated heterocycles. The summed E-state index contributed by atoms with van der Waals surface area (Å²) in [4.78, 5) is 23.0. The van der Waals surface area contributed by atoms with E-state index in [0.717, 1.165) is 17.1 Å². The lowest BCUT2D eigenvalue weighted by molar-refractivity contribution is 0.0988. The average Bonchev–Trinajstić information content (AvgIpc) is 2.68. The van der Waals surface area contributed by atoms with Gasteiger partial charge in [0.05, 0.1) is 0 Å². The van der Waals surface area contributed by atoms with Crippen molar-refractivity contribution in [1.29, 1.82) is 0 Å². The van der Waals surface area contributed by atoms with Crippen LogP contribution in [0.1, 0.15) is 21.9 Å². The number of aryl methyl sites for hydroxylation is 1. The Balaban J connectivity index is 1.68. The third-order valence-corrected chi connectivity index (χ3v) is 4.39. The Hall–Kier alpha value is -2.92. The molecule has 1 aromatic heterocycles. The van der Waals surface area contributed by atoms with Crippen LogP contribution in [0.25, 0.3) is 0 Å². The van der Waals surface area contributed by atoms with Crippen molar-refractivity contribution in [3.05, 3.63) is 82.8 Å². The molecule has 0 unspecified atom stereocenters. The van der Waals surface area contributed by atoms with E-state index in [4.69, 9.17) is 11.6 Å². The normalized spacial score (nSPS) is 10.5. The average molecular weight is 381 g/mol. The molecule has 0 radical (unpaired) electrons. The number of hydrogen-bond donors (Lipinski definition) is 1. The summed E-state index contributed by atoms with van der Waals surface area (Å²) < 4.78 is 0. The third-order valence-electron chi connectivity index (χ3n) is 4.14. The molecule has 2 aromatic carbocycles. The summed E-state index contributed by atoms with van der Waals surface area (Å²) in [5.74, 6) is 1.02. The quantitative estimate of drug-likeness (QED) is 0.689. The number of para-hydroxylation sites is 1. The van der Waals surface area contributed by atoms with Gasteiger partial charge in [-0.05, 0) is 43.2 Å². The molecule has 1 amide bonds. The first-order valence-electron chi connectivity index (χ1n) is 8.70. The highest BCUT2D eigenvalue weighted by Gasteiger charge is 2.16. The number of benzene rings is 2. The molecule has 3 aromatic rings. The van der Waals surface area contributed by atoms with Gasteiger partial charge in [-0.2, -0.15) is 0 Å². The molecule has 6 heteroatoms. The number of rotatable bonds is 6. The van der Waals surface area contributed by atoms with Crippen molar-refractivity contribution >= 4 is 29.0 Å². The maximum Gasteiger partial charge on any atom is 0.276 e. The minimum absolute atomic E-state index is 0.174. The van der Waals surface area contributed by atoms with Gasteiger partial charge in [0.15, 0.2) is 0 Å². The Labute approximate surface area is 164 Å². The molecule has 0 spiro atoms. The zero-order valence-corrected chi connectivity index (χ0v) is 16.1. The van der Waals surface area contributed by atoms with Crippen molar-refractivity contribution in [2.45, 2.75) is 13.3 Å². The van der Waals surface area contributed by atoms with E-state index < -0.39 is 0 Å². The molecule has 0 aliphatic rings. The van der Waals surface area contributed by atoms with Crippen molar-refractivity contribution in [2.24, 2.45) is 0 Å². The summed E-state index contributed by atoms with van der Waals surface area (Å²) in [5, 5.41) is 3.99. The predicted octanol–water partition coefficient (Wildman–Crippen LogP) is 4.37. The fourth-order valence-corrected chi connectivity index (χ4v) is 2.82. The molecule has 1 heterocycles. The van der Waals surface area contributed by atoms with Gasteiger partial charge in [-0.1, -0.05) is 41.9 Å². The number of anilines is 2. The summed E-state index contributed by atoms with van der Waals surface area (Å²) in [6.45, 7) is 2.48. The van der Waals surface area contributed by atoms with Gasteiger partial charge in [-0.25, -0.2) is 9.97 Å². The standard InChI is InChI=1S/C21H21ClN4O/c1-15-24-19(21(27)26(2)18-6-4-3-5-7-18)14-20(25-15)23-13-12-16-8-10-17(22)11-9-16/h3-11,14H,12-13H2,1-2H3,(H,23,24,25). The molecule has 138 valence electrons. The molecule has 3 rings (SSSR count). The number of carbonyl (C=O) groups excluding carboxylic acids is 1. The van der Waals surface area contributed by atoms with Crippen molar-refractivity contribution in [1.82, 2.24) is 9.97 Å². The van der Waals surface area contributed by atoms with Gasteiger partial charge >= 0.3 is 0 Å². The monoisotopic (exact) mass is 380 g/mol. The second-order valence-corrected chi connectivity index (χ2v) is 6.63.